The number of hydrogen-bond acceptors (Lipinski definition) is 4. The lowest BCUT2D eigenvalue weighted by atomic mass is 10.1. The fourth-order valence-electron chi connectivity index (χ4n) is 3.03. The van der Waals surface area contributed by atoms with Gasteiger partial charge in [0.1, 0.15) is 6.10 Å². The summed E-state index contributed by atoms with van der Waals surface area (Å²) in [4.78, 5) is 16.8. The first-order chi connectivity index (χ1) is 10.3. The largest absolute Gasteiger partial charge is 0.371 e. The Kier molecular flexibility index (Phi) is 3.09. The van der Waals surface area contributed by atoms with E-state index in [0.29, 0.717) is 18.5 Å². The molecule has 0 saturated carbocycles. The Bertz CT molecular complexity index is 753. The number of ether oxygens (including phenoxy) is 2. The Morgan fingerprint density at radius 3 is 3.14 bits per heavy atom. The summed E-state index contributed by atoms with van der Waals surface area (Å²) in [5.41, 5.74) is 0.710. The molecule has 2 aliphatic rings. The van der Waals surface area contributed by atoms with E-state index in [1.807, 2.05) is 30.3 Å². The van der Waals surface area contributed by atoms with Crippen LogP contribution in [0.3, 0.4) is 0 Å². The number of benzene rings is 1. The Morgan fingerprint density at radius 1 is 1.33 bits per heavy atom. The molecule has 2 aliphatic heterocycles. The summed E-state index contributed by atoms with van der Waals surface area (Å²) in [6.45, 7) is 1.16. The minimum atomic E-state index is -0.0180. The lowest BCUT2D eigenvalue weighted by Gasteiger charge is -2.18. The average molecular weight is 284 g/mol. The van der Waals surface area contributed by atoms with Gasteiger partial charge in [-0.05, 0) is 12.1 Å². The predicted octanol–water partition coefficient (Wildman–Crippen LogP) is 1.51. The summed E-state index contributed by atoms with van der Waals surface area (Å²) >= 11 is 0. The van der Waals surface area contributed by atoms with Gasteiger partial charge in [0.25, 0.3) is 5.56 Å². The molecule has 108 valence electrons. The third-order valence-electron chi connectivity index (χ3n) is 4.08. The molecule has 21 heavy (non-hydrogen) atoms. The van der Waals surface area contributed by atoms with Crippen molar-refractivity contribution in [3.63, 3.8) is 0 Å². The molecule has 0 aliphatic carbocycles. The van der Waals surface area contributed by atoms with Gasteiger partial charge in [-0.25, -0.2) is 4.98 Å². The highest BCUT2D eigenvalue weighted by atomic mass is 16.6. The number of rotatable bonds is 2. The number of para-hydroxylation sites is 1. The van der Waals surface area contributed by atoms with E-state index in [1.54, 1.807) is 10.9 Å². The van der Waals surface area contributed by atoms with Crippen LogP contribution in [0.15, 0.2) is 47.5 Å². The molecule has 0 radical (unpaired) electrons. The molecular formula is C16H16N2O3. The first kappa shape index (κ1) is 12.7. The number of fused-ring (bicyclic) bond motifs is 2. The number of hydrogen-bond donors (Lipinski definition) is 0. The van der Waals surface area contributed by atoms with E-state index in [1.165, 1.54) is 0 Å². The van der Waals surface area contributed by atoms with Gasteiger partial charge in [-0.15, -0.1) is 0 Å². The van der Waals surface area contributed by atoms with E-state index in [4.69, 9.17) is 9.47 Å². The number of aromatic nitrogens is 2. The second-order valence-corrected chi connectivity index (χ2v) is 5.48. The van der Waals surface area contributed by atoms with Crippen molar-refractivity contribution in [1.82, 2.24) is 9.55 Å². The van der Waals surface area contributed by atoms with E-state index in [2.05, 4.69) is 11.1 Å². The molecule has 2 aromatic rings. The van der Waals surface area contributed by atoms with Gasteiger partial charge in [0.2, 0.25) is 0 Å². The van der Waals surface area contributed by atoms with E-state index < -0.39 is 0 Å². The summed E-state index contributed by atoms with van der Waals surface area (Å²) in [5.74, 6) is 0. The van der Waals surface area contributed by atoms with Crippen molar-refractivity contribution in [3.05, 3.63) is 53.1 Å². The highest BCUT2D eigenvalue weighted by Gasteiger charge is 2.35. The Hall–Kier alpha value is -1.98. The van der Waals surface area contributed by atoms with Crippen LogP contribution in [-0.4, -0.2) is 34.5 Å². The molecule has 0 N–H and O–H groups in total. The van der Waals surface area contributed by atoms with Crippen molar-refractivity contribution in [2.45, 2.75) is 31.3 Å². The molecule has 0 spiro atoms. The van der Waals surface area contributed by atoms with Crippen molar-refractivity contribution in [2.24, 2.45) is 0 Å². The molecule has 1 aromatic heterocycles. The molecule has 5 nitrogen and oxygen atoms in total. The SMILES string of the molecule is O=c1c2ccccc2ncn1C[C@H]1C[C@@H]2OCC=C[C@@H]2O1. The zero-order valence-electron chi connectivity index (χ0n) is 11.5. The van der Waals surface area contributed by atoms with E-state index in [-0.39, 0.29) is 23.9 Å². The van der Waals surface area contributed by atoms with Crippen LogP contribution in [0.5, 0.6) is 0 Å². The van der Waals surface area contributed by atoms with Gasteiger partial charge in [0.15, 0.2) is 0 Å². The van der Waals surface area contributed by atoms with Crippen LogP contribution < -0.4 is 5.56 Å². The predicted molar refractivity (Wildman–Crippen MR) is 78.2 cm³/mol. The third kappa shape index (κ3) is 2.28. The van der Waals surface area contributed by atoms with Crippen molar-refractivity contribution >= 4 is 10.9 Å². The molecule has 3 atom stereocenters. The Balaban J connectivity index is 1.59. The maximum absolute atomic E-state index is 12.5. The zero-order chi connectivity index (χ0) is 14.2. The Labute approximate surface area is 121 Å². The maximum atomic E-state index is 12.5. The molecule has 0 bridgehead atoms. The molecule has 1 aromatic carbocycles. The maximum Gasteiger partial charge on any atom is 0.261 e. The molecule has 0 unspecified atom stereocenters. The van der Waals surface area contributed by atoms with Crippen LogP contribution in [-0.2, 0) is 16.0 Å². The van der Waals surface area contributed by atoms with Gasteiger partial charge >= 0.3 is 0 Å². The summed E-state index contributed by atoms with van der Waals surface area (Å²) in [6.07, 6.45) is 6.57. The second kappa shape index (κ2) is 5.09. The van der Waals surface area contributed by atoms with Crippen molar-refractivity contribution in [3.8, 4) is 0 Å². The fourth-order valence-corrected chi connectivity index (χ4v) is 3.03. The summed E-state index contributed by atoms with van der Waals surface area (Å²) < 4.78 is 13.2. The highest BCUT2D eigenvalue weighted by Crippen LogP contribution is 2.27. The molecule has 5 heteroatoms. The average Bonchev–Trinajstić information content (AvgIpc) is 2.93. The minimum Gasteiger partial charge on any atom is -0.371 e. The first-order valence-electron chi connectivity index (χ1n) is 7.19. The monoisotopic (exact) mass is 284 g/mol. The third-order valence-corrected chi connectivity index (χ3v) is 4.08. The van der Waals surface area contributed by atoms with Crippen molar-refractivity contribution in [1.29, 1.82) is 0 Å². The van der Waals surface area contributed by atoms with Crippen LogP contribution in [0.2, 0.25) is 0 Å². The summed E-state index contributed by atoms with van der Waals surface area (Å²) in [7, 11) is 0. The molecule has 0 amide bonds. The molecule has 1 fully saturated rings. The lowest BCUT2D eigenvalue weighted by Crippen LogP contribution is -2.27. The standard InChI is InChI=1S/C16H16N2O3/c19-16-12-4-1-2-5-13(12)17-10-18(16)9-11-8-15-14(21-11)6-3-7-20-15/h1-6,10-11,14-15H,7-9H2/t11-,14+,15+/m1/s1. The van der Waals surface area contributed by atoms with E-state index in [9.17, 15) is 4.79 Å². The van der Waals surface area contributed by atoms with Crippen LogP contribution >= 0.6 is 0 Å². The van der Waals surface area contributed by atoms with Crippen LogP contribution in [0, 0.1) is 0 Å². The molecule has 4 rings (SSSR count). The molecule has 3 heterocycles. The van der Waals surface area contributed by atoms with Crippen molar-refractivity contribution in [2.75, 3.05) is 6.61 Å². The molecular weight excluding hydrogens is 268 g/mol. The highest BCUT2D eigenvalue weighted by molar-refractivity contribution is 5.76. The molecule has 1 saturated heterocycles. The smallest absolute Gasteiger partial charge is 0.261 e. The van der Waals surface area contributed by atoms with E-state index in [0.717, 1.165) is 11.9 Å². The van der Waals surface area contributed by atoms with Crippen LogP contribution in [0.1, 0.15) is 6.42 Å². The summed E-state index contributed by atoms with van der Waals surface area (Å²) in [5, 5.41) is 0.645. The first-order valence-corrected chi connectivity index (χ1v) is 7.19. The van der Waals surface area contributed by atoms with Crippen LogP contribution in [0.4, 0.5) is 0 Å². The van der Waals surface area contributed by atoms with Gasteiger partial charge in [-0.1, -0.05) is 24.3 Å². The van der Waals surface area contributed by atoms with E-state index >= 15 is 0 Å². The van der Waals surface area contributed by atoms with Gasteiger partial charge in [0, 0.05) is 6.42 Å². The Morgan fingerprint density at radius 2 is 2.24 bits per heavy atom. The zero-order valence-corrected chi connectivity index (χ0v) is 11.5. The normalized spacial score (nSPS) is 27.9. The summed E-state index contributed by atoms with van der Waals surface area (Å²) in [6, 6.07) is 7.39. The van der Waals surface area contributed by atoms with Gasteiger partial charge in [-0.2, -0.15) is 0 Å². The fraction of sp³-hybridized carbons (Fsp3) is 0.375. The topological polar surface area (TPSA) is 53.4 Å². The lowest BCUT2D eigenvalue weighted by molar-refractivity contribution is -0.00161. The van der Waals surface area contributed by atoms with Crippen molar-refractivity contribution < 1.29 is 9.47 Å². The number of nitrogens with zero attached hydrogens (tertiary/aromatic N) is 2. The van der Waals surface area contributed by atoms with Gasteiger partial charge in [-0.3, -0.25) is 9.36 Å². The van der Waals surface area contributed by atoms with Gasteiger partial charge in [0.05, 0.1) is 42.6 Å². The van der Waals surface area contributed by atoms with Crippen LogP contribution in [0.25, 0.3) is 10.9 Å². The quantitative estimate of drug-likeness (QED) is 0.784. The van der Waals surface area contributed by atoms with Gasteiger partial charge < -0.3 is 9.47 Å². The second-order valence-electron chi connectivity index (χ2n) is 5.48. The minimum absolute atomic E-state index is 0.0107.